The van der Waals surface area contributed by atoms with Crippen LogP contribution < -0.4 is 0 Å². The van der Waals surface area contributed by atoms with Crippen LogP contribution in [0.15, 0.2) is 27.7 Å². The van der Waals surface area contributed by atoms with Crippen LogP contribution in [0.5, 0.6) is 0 Å². The predicted octanol–water partition coefficient (Wildman–Crippen LogP) is 1.13. The molecule has 0 N–H and O–H groups in total. The quantitative estimate of drug-likeness (QED) is 0.588. The molecule has 0 amide bonds. The van der Waals surface area contributed by atoms with Crippen molar-refractivity contribution in [3.8, 4) is 11.5 Å². The van der Waals surface area contributed by atoms with Gasteiger partial charge in [-0.15, -0.1) is 0 Å². The Hall–Kier alpha value is -1.58. The average Bonchev–Trinajstić information content (AvgIpc) is 2.59. The zero-order valence-electron chi connectivity index (χ0n) is 4.94. The summed E-state index contributed by atoms with van der Waals surface area (Å²) >= 11 is 0. The van der Waals surface area contributed by atoms with Gasteiger partial charge in [-0.2, -0.15) is 0 Å². The van der Waals surface area contributed by atoms with Gasteiger partial charge in [0.05, 0.1) is 11.8 Å². The smallest absolute Gasteiger partial charge is 0.231 e. The molecule has 2 aromatic rings. The van der Waals surface area contributed by atoms with Crippen LogP contribution in [-0.4, -0.2) is 10.1 Å². The van der Waals surface area contributed by atoms with Crippen LogP contribution in [0.3, 0.4) is 0 Å². The number of oxazole rings is 1. The Balaban J connectivity index is 2.48. The van der Waals surface area contributed by atoms with Crippen LogP contribution >= 0.6 is 0 Å². The molecule has 0 bridgehead atoms. The number of hydrogen-bond donors (Lipinski definition) is 0. The van der Waals surface area contributed by atoms with Gasteiger partial charge in [-0.3, -0.25) is 0 Å². The summed E-state index contributed by atoms with van der Waals surface area (Å²) in [7, 11) is 0. The molecule has 2 aromatic heterocycles. The zero-order chi connectivity index (χ0) is 6.81. The topological polar surface area (TPSA) is 52.1 Å². The van der Waals surface area contributed by atoms with Gasteiger partial charge in [0.2, 0.25) is 5.89 Å². The standard InChI is InChI=1S/C6H3N2O2/c1-2-9-6(7-1)5-3-8-10-4-5/h2-4H. The molecule has 0 spiro atoms. The highest BCUT2D eigenvalue weighted by Crippen LogP contribution is 2.14. The summed E-state index contributed by atoms with van der Waals surface area (Å²) in [5.74, 6) is 0.473. The molecule has 2 rings (SSSR count). The van der Waals surface area contributed by atoms with Crippen LogP contribution in [0.25, 0.3) is 11.5 Å². The molecule has 49 valence electrons. The Bertz CT molecular complexity index is 253. The second-order valence-electron chi connectivity index (χ2n) is 1.69. The van der Waals surface area contributed by atoms with Crippen molar-refractivity contribution in [2.75, 3.05) is 0 Å². The van der Waals surface area contributed by atoms with Crippen molar-refractivity contribution in [3.63, 3.8) is 0 Å². The lowest BCUT2D eigenvalue weighted by molar-refractivity contribution is 0.419. The normalized spacial score (nSPS) is 10.0. The van der Waals surface area contributed by atoms with E-state index >= 15 is 0 Å². The van der Waals surface area contributed by atoms with Gasteiger partial charge in [-0.05, 0) is 0 Å². The maximum Gasteiger partial charge on any atom is 0.231 e. The minimum Gasteiger partial charge on any atom is -0.444 e. The van der Waals surface area contributed by atoms with Gasteiger partial charge in [-0.1, -0.05) is 5.16 Å². The number of nitrogens with zero attached hydrogens (tertiary/aromatic N) is 2. The van der Waals surface area contributed by atoms with E-state index in [-0.39, 0.29) is 0 Å². The molecular weight excluding hydrogens is 132 g/mol. The molecule has 0 saturated carbocycles. The maximum atomic E-state index is 4.91. The van der Waals surface area contributed by atoms with Gasteiger partial charge < -0.3 is 8.94 Å². The summed E-state index contributed by atoms with van der Waals surface area (Å²) in [4.78, 5) is 3.77. The minimum absolute atomic E-state index is 0.473. The maximum absolute atomic E-state index is 4.91. The third-order valence-corrected chi connectivity index (χ3v) is 1.07. The van der Waals surface area contributed by atoms with E-state index in [4.69, 9.17) is 4.42 Å². The molecule has 0 saturated heterocycles. The van der Waals surface area contributed by atoms with E-state index in [1.165, 1.54) is 18.7 Å². The van der Waals surface area contributed by atoms with Crippen molar-refractivity contribution < 1.29 is 8.94 Å². The Labute approximate surface area is 56.5 Å². The first-order valence-electron chi connectivity index (χ1n) is 2.68. The number of rotatable bonds is 1. The fourth-order valence-electron chi connectivity index (χ4n) is 0.637. The Kier molecular flexibility index (Phi) is 1.04. The highest BCUT2D eigenvalue weighted by molar-refractivity contribution is 5.47. The molecule has 4 heteroatoms. The lowest BCUT2D eigenvalue weighted by Crippen LogP contribution is -1.68. The van der Waals surface area contributed by atoms with Crippen molar-refractivity contribution in [2.45, 2.75) is 0 Å². The molecule has 10 heavy (non-hydrogen) atoms. The van der Waals surface area contributed by atoms with Crippen molar-refractivity contribution >= 4 is 0 Å². The van der Waals surface area contributed by atoms with Crippen LogP contribution in [0.1, 0.15) is 0 Å². The van der Waals surface area contributed by atoms with E-state index in [1.807, 2.05) is 0 Å². The second-order valence-corrected chi connectivity index (χ2v) is 1.69. The fourth-order valence-corrected chi connectivity index (χ4v) is 0.637. The van der Waals surface area contributed by atoms with Gasteiger partial charge in [0.1, 0.15) is 18.7 Å². The van der Waals surface area contributed by atoms with Crippen molar-refractivity contribution in [2.24, 2.45) is 0 Å². The first kappa shape index (κ1) is 5.22. The molecule has 0 atom stereocenters. The highest BCUT2D eigenvalue weighted by atomic mass is 16.5. The van der Waals surface area contributed by atoms with E-state index in [1.54, 1.807) is 0 Å². The molecule has 1 radical (unpaired) electrons. The minimum atomic E-state index is 0.473. The van der Waals surface area contributed by atoms with Crippen LogP contribution in [0.4, 0.5) is 0 Å². The van der Waals surface area contributed by atoms with Crippen molar-refractivity contribution in [1.29, 1.82) is 0 Å². The summed E-state index contributed by atoms with van der Waals surface area (Å²) in [6, 6.07) is 0. The summed E-state index contributed by atoms with van der Waals surface area (Å²) in [5.41, 5.74) is 0.723. The Morgan fingerprint density at radius 1 is 1.50 bits per heavy atom. The van der Waals surface area contributed by atoms with Gasteiger partial charge in [0.15, 0.2) is 0 Å². The second kappa shape index (κ2) is 1.98. The number of aromatic nitrogens is 2. The highest BCUT2D eigenvalue weighted by Gasteiger charge is 2.02. The van der Waals surface area contributed by atoms with Crippen molar-refractivity contribution in [1.82, 2.24) is 10.1 Å². The molecule has 0 aliphatic rings. The van der Waals surface area contributed by atoms with Gasteiger partial charge in [-0.25, -0.2) is 4.98 Å². The van der Waals surface area contributed by atoms with E-state index in [2.05, 4.69) is 20.9 Å². The summed E-state index contributed by atoms with van der Waals surface area (Å²) in [6.45, 7) is 0. The number of hydrogen-bond acceptors (Lipinski definition) is 4. The third kappa shape index (κ3) is 0.699. The molecule has 0 aromatic carbocycles. The monoisotopic (exact) mass is 135 g/mol. The van der Waals surface area contributed by atoms with Crippen LogP contribution in [0, 0.1) is 6.20 Å². The lowest BCUT2D eigenvalue weighted by atomic mass is 10.4. The Morgan fingerprint density at radius 3 is 3.10 bits per heavy atom. The van der Waals surface area contributed by atoms with Crippen LogP contribution in [-0.2, 0) is 0 Å². The molecule has 0 aliphatic carbocycles. The molecule has 2 heterocycles. The van der Waals surface area contributed by atoms with E-state index in [0.717, 1.165) is 5.56 Å². The van der Waals surface area contributed by atoms with Gasteiger partial charge in [0.25, 0.3) is 0 Å². The summed E-state index contributed by atoms with van der Waals surface area (Å²) in [5, 5.41) is 3.49. The van der Waals surface area contributed by atoms with E-state index in [0.29, 0.717) is 5.89 Å². The van der Waals surface area contributed by atoms with Gasteiger partial charge >= 0.3 is 0 Å². The molecule has 0 aliphatic heterocycles. The SMILES string of the molecule is [c]1coc(-c2cnoc2)n1. The van der Waals surface area contributed by atoms with Crippen LogP contribution in [0.2, 0.25) is 0 Å². The lowest BCUT2D eigenvalue weighted by Gasteiger charge is -1.80. The zero-order valence-corrected chi connectivity index (χ0v) is 4.94. The summed E-state index contributed by atoms with van der Waals surface area (Å²) < 4.78 is 9.49. The first-order chi connectivity index (χ1) is 4.97. The largest absolute Gasteiger partial charge is 0.444 e. The first-order valence-corrected chi connectivity index (χ1v) is 2.68. The molecule has 4 nitrogen and oxygen atoms in total. The fraction of sp³-hybridized carbons (Fsp3) is 0. The summed E-state index contributed by atoms with van der Waals surface area (Å²) in [6.07, 6.45) is 6.89. The van der Waals surface area contributed by atoms with Gasteiger partial charge in [0, 0.05) is 0 Å². The third-order valence-electron chi connectivity index (χ3n) is 1.07. The molecular formula is C6H3N2O2. The van der Waals surface area contributed by atoms with Crippen molar-refractivity contribution in [3.05, 3.63) is 24.9 Å². The molecule has 0 unspecified atom stereocenters. The Morgan fingerprint density at radius 2 is 2.50 bits per heavy atom. The van der Waals surface area contributed by atoms with E-state index in [9.17, 15) is 0 Å². The average molecular weight is 135 g/mol. The predicted molar refractivity (Wildman–Crippen MR) is 30.8 cm³/mol. The van der Waals surface area contributed by atoms with E-state index < -0.39 is 0 Å². The molecule has 0 fully saturated rings.